The van der Waals surface area contributed by atoms with Gasteiger partial charge in [0.2, 0.25) is 5.70 Å². The minimum atomic E-state index is -1.61. The molecule has 10 nitrogen and oxygen atoms in total. The number of nitro groups is 1. The molecule has 1 atom stereocenters. The van der Waals surface area contributed by atoms with Gasteiger partial charge in [0.25, 0.3) is 11.0 Å². The molecule has 0 radical (unpaired) electrons. The van der Waals surface area contributed by atoms with E-state index in [1.807, 2.05) is 13.8 Å². The summed E-state index contributed by atoms with van der Waals surface area (Å²) in [6, 6.07) is 0. The Balaban J connectivity index is 0.00000277. The van der Waals surface area contributed by atoms with Crippen molar-refractivity contribution in [3.05, 3.63) is 43.8 Å². The van der Waals surface area contributed by atoms with Crippen LogP contribution in [-0.4, -0.2) is 45.1 Å². The Morgan fingerprint density at radius 2 is 1.72 bits per heavy atom. The van der Waals surface area contributed by atoms with Gasteiger partial charge in [0, 0.05) is 33.0 Å². The summed E-state index contributed by atoms with van der Waals surface area (Å²) in [6.07, 6.45) is 2.98. The molecule has 0 aromatic carbocycles. The maximum absolute atomic E-state index is 10.5. The molecule has 10 heteroatoms. The molecule has 1 aliphatic rings. The molecule has 1 aliphatic heterocycles. The molecule has 1 N–H and O–H groups in total. The van der Waals surface area contributed by atoms with Crippen LogP contribution in [0.5, 0.6) is 0 Å². The molecule has 0 saturated carbocycles. The standard InChI is InChI=1S/C13H21N3O7.C2H6/c1-10(15(18)19)4-5-11(2)22-13(3,17)14-8-6-12(7-9-14)23-16(20)21;1-2/h4-5,12,17H,6-9H2,1-3H3;1-2H3/b10-4+,11-5+;. The molecule has 0 aromatic rings. The van der Waals surface area contributed by atoms with E-state index in [2.05, 4.69) is 4.84 Å². The van der Waals surface area contributed by atoms with Gasteiger partial charge in [-0.25, -0.2) is 4.90 Å². The van der Waals surface area contributed by atoms with Gasteiger partial charge in [-0.15, -0.1) is 10.1 Å². The van der Waals surface area contributed by atoms with Crippen LogP contribution in [0.15, 0.2) is 23.6 Å². The quantitative estimate of drug-likeness (QED) is 0.241. The van der Waals surface area contributed by atoms with E-state index >= 15 is 0 Å². The van der Waals surface area contributed by atoms with E-state index in [0.29, 0.717) is 31.7 Å². The fourth-order valence-corrected chi connectivity index (χ4v) is 2.20. The maximum Gasteiger partial charge on any atom is 0.294 e. The van der Waals surface area contributed by atoms with E-state index in [9.17, 15) is 25.3 Å². The number of nitrogens with zero attached hydrogens (tertiary/aromatic N) is 3. The van der Waals surface area contributed by atoms with E-state index in [1.165, 1.54) is 26.0 Å². The molecule has 1 saturated heterocycles. The molecule has 1 fully saturated rings. The average Bonchev–Trinajstić information content (AvgIpc) is 2.54. The summed E-state index contributed by atoms with van der Waals surface area (Å²) in [7, 11) is 0. The number of hydrogen-bond donors (Lipinski definition) is 1. The minimum Gasteiger partial charge on any atom is -0.454 e. The highest BCUT2D eigenvalue weighted by Gasteiger charge is 2.35. The van der Waals surface area contributed by atoms with Crippen molar-refractivity contribution < 1.29 is 24.7 Å². The highest BCUT2D eigenvalue weighted by Crippen LogP contribution is 2.23. The van der Waals surface area contributed by atoms with Crippen molar-refractivity contribution in [1.29, 1.82) is 0 Å². The van der Waals surface area contributed by atoms with Crippen LogP contribution in [0.2, 0.25) is 0 Å². The predicted octanol–water partition coefficient (Wildman–Crippen LogP) is 2.45. The lowest BCUT2D eigenvalue weighted by atomic mass is 10.1. The normalized spacial score (nSPS) is 19.3. The second-order valence-corrected chi connectivity index (χ2v) is 5.39. The van der Waals surface area contributed by atoms with Gasteiger partial charge in [0.15, 0.2) is 0 Å². The Hall–Kier alpha value is -2.20. The summed E-state index contributed by atoms with van der Waals surface area (Å²) in [5, 5.41) is 30.4. The van der Waals surface area contributed by atoms with Crippen molar-refractivity contribution in [2.24, 2.45) is 0 Å². The fourth-order valence-electron chi connectivity index (χ4n) is 2.20. The molecule has 0 bridgehead atoms. The molecule has 0 spiro atoms. The third-order valence-corrected chi connectivity index (χ3v) is 3.47. The smallest absolute Gasteiger partial charge is 0.294 e. The SMILES string of the molecule is C/C(=C\C=C(/C)[N+](=O)[O-])OC(C)(O)N1CCC(O[N+](=O)[O-])CC1.CC. The summed E-state index contributed by atoms with van der Waals surface area (Å²) in [5.74, 6) is -1.31. The Kier molecular flexibility index (Phi) is 9.69. The van der Waals surface area contributed by atoms with Crippen LogP contribution in [0.1, 0.15) is 47.5 Å². The Morgan fingerprint density at radius 1 is 1.20 bits per heavy atom. The van der Waals surface area contributed by atoms with Crippen LogP contribution >= 0.6 is 0 Å². The van der Waals surface area contributed by atoms with E-state index in [1.54, 1.807) is 11.8 Å². The number of hydrogen-bond acceptors (Lipinski definition) is 8. The second-order valence-electron chi connectivity index (χ2n) is 5.39. The van der Waals surface area contributed by atoms with Gasteiger partial charge in [0.1, 0.15) is 6.10 Å². The molecular formula is C15H27N3O7. The van der Waals surface area contributed by atoms with Crippen molar-refractivity contribution >= 4 is 0 Å². The van der Waals surface area contributed by atoms with Crippen LogP contribution in [0.3, 0.4) is 0 Å². The Morgan fingerprint density at radius 3 is 2.16 bits per heavy atom. The van der Waals surface area contributed by atoms with E-state index in [-0.39, 0.29) is 5.70 Å². The molecule has 0 aliphatic carbocycles. The zero-order chi connectivity index (χ0) is 19.6. The van der Waals surface area contributed by atoms with Crippen molar-refractivity contribution in [2.45, 2.75) is 59.5 Å². The van der Waals surface area contributed by atoms with Gasteiger partial charge in [-0.2, -0.15) is 0 Å². The maximum atomic E-state index is 10.5. The van der Waals surface area contributed by atoms with Crippen LogP contribution in [0, 0.1) is 20.2 Å². The Bertz CT molecular complexity index is 509. The van der Waals surface area contributed by atoms with Gasteiger partial charge < -0.3 is 14.7 Å². The van der Waals surface area contributed by atoms with Gasteiger partial charge in [-0.1, -0.05) is 13.8 Å². The summed E-state index contributed by atoms with van der Waals surface area (Å²) >= 11 is 0. The third kappa shape index (κ3) is 8.45. The first kappa shape index (κ1) is 22.8. The second kappa shape index (κ2) is 10.6. The first-order valence-electron chi connectivity index (χ1n) is 8.09. The number of allylic oxidation sites excluding steroid dienone is 4. The molecule has 1 rings (SSSR count). The van der Waals surface area contributed by atoms with Crippen molar-refractivity contribution in [3.63, 3.8) is 0 Å². The van der Waals surface area contributed by atoms with Gasteiger partial charge in [-0.3, -0.25) is 10.1 Å². The van der Waals surface area contributed by atoms with Crippen LogP contribution in [-0.2, 0) is 9.57 Å². The van der Waals surface area contributed by atoms with Gasteiger partial charge in [-0.05, 0) is 25.8 Å². The number of ether oxygens (including phenoxy) is 1. The third-order valence-electron chi connectivity index (χ3n) is 3.47. The lowest BCUT2D eigenvalue weighted by Crippen LogP contribution is -2.52. The van der Waals surface area contributed by atoms with E-state index in [4.69, 9.17) is 4.74 Å². The van der Waals surface area contributed by atoms with Crippen molar-refractivity contribution in [2.75, 3.05) is 13.1 Å². The average molecular weight is 361 g/mol. The van der Waals surface area contributed by atoms with E-state index in [0.717, 1.165) is 0 Å². The molecule has 25 heavy (non-hydrogen) atoms. The lowest BCUT2D eigenvalue weighted by Gasteiger charge is -2.40. The molecular weight excluding hydrogens is 334 g/mol. The number of likely N-dealkylation sites (tertiary alicyclic amines) is 1. The van der Waals surface area contributed by atoms with Crippen LogP contribution in [0.25, 0.3) is 0 Å². The van der Waals surface area contributed by atoms with Gasteiger partial charge >= 0.3 is 0 Å². The fraction of sp³-hybridized carbons (Fsp3) is 0.733. The number of rotatable bonds is 7. The van der Waals surface area contributed by atoms with Gasteiger partial charge in [0.05, 0.1) is 10.7 Å². The summed E-state index contributed by atoms with van der Waals surface area (Å²) < 4.78 is 5.42. The zero-order valence-electron chi connectivity index (χ0n) is 15.3. The predicted molar refractivity (Wildman–Crippen MR) is 90.2 cm³/mol. The van der Waals surface area contributed by atoms with Crippen LogP contribution in [0.4, 0.5) is 0 Å². The topological polar surface area (TPSA) is 128 Å². The summed E-state index contributed by atoms with van der Waals surface area (Å²) in [4.78, 5) is 26.4. The monoisotopic (exact) mass is 361 g/mol. The number of aliphatic hydroxyl groups is 1. The molecule has 0 aromatic heterocycles. The largest absolute Gasteiger partial charge is 0.454 e. The molecule has 1 unspecified atom stereocenters. The zero-order valence-corrected chi connectivity index (χ0v) is 15.3. The first-order valence-corrected chi connectivity index (χ1v) is 8.09. The molecule has 1 heterocycles. The molecule has 144 valence electrons. The first-order chi connectivity index (χ1) is 11.6. The minimum absolute atomic E-state index is 0.0506. The highest BCUT2D eigenvalue weighted by atomic mass is 17.0. The lowest BCUT2D eigenvalue weighted by molar-refractivity contribution is -0.769. The van der Waals surface area contributed by atoms with Crippen LogP contribution < -0.4 is 0 Å². The Labute approximate surface area is 147 Å². The van der Waals surface area contributed by atoms with E-state index < -0.39 is 22.0 Å². The van der Waals surface area contributed by atoms with Crippen molar-refractivity contribution in [1.82, 2.24) is 4.90 Å². The summed E-state index contributed by atoms with van der Waals surface area (Å²) in [5.41, 5.74) is -0.0506. The molecule has 0 amide bonds. The van der Waals surface area contributed by atoms with Crippen molar-refractivity contribution in [3.8, 4) is 0 Å². The number of piperidine rings is 1. The summed E-state index contributed by atoms with van der Waals surface area (Å²) in [6.45, 7) is 9.09. The highest BCUT2D eigenvalue weighted by molar-refractivity contribution is 5.08.